The fourth-order valence-electron chi connectivity index (χ4n) is 12.0. The van der Waals surface area contributed by atoms with Gasteiger partial charge in [-0.1, -0.05) is 20.8 Å². The SMILES string of the molecule is CC(=O)O[C@H](C)C1CCC2C(CC3C4CCC5C(C)(C)[C@@H](OC6CNCCO6)CCC56CC46CCC23C)O1. The molecule has 7 aliphatic rings. The van der Waals surface area contributed by atoms with Crippen molar-refractivity contribution < 1.29 is 23.7 Å². The van der Waals surface area contributed by atoms with Crippen LogP contribution in [0.25, 0.3) is 0 Å². The average Bonchev–Trinajstić information content (AvgIpc) is 3.46. The molecule has 0 aromatic heterocycles. The van der Waals surface area contributed by atoms with Gasteiger partial charge in [0, 0.05) is 20.0 Å². The summed E-state index contributed by atoms with van der Waals surface area (Å²) in [4.78, 5) is 11.6. The summed E-state index contributed by atoms with van der Waals surface area (Å²) in [6, 6.07) is 0. The maximum absolute atomic E-state index is 11.6. The molecule has 7 fully saturated rings. The van der Waals surface area contributed by atoms with Gasteiger partial charge < -0.3 is 24.3 Å². The molecule has 2 aliphatic heterocycles. The van der Waals surface area contributed by atoms with E-state index in [0.717, 1.165) is 43.9 Å². The van der Waals surface area contributed by atoms with Crippen LogP contribution in [0.2, 0.25) is 0 Å². The Bertz CT molecular complexity index is 948. The summed E-state index contributed by atoms with van der Waals surface area (Å²) < 4.78 is 24.9. The van der Waals surface area contributed by atoms with Crippen LogP contribution in [-0.4, -0.2) is 56.4 Å². The Hall–Kier alpha value is -0.690. The Labute approximate surface area is 229 Å². The zero-order valence-corrected chi connectivity index (χ0v) is 24.4. The first-order valence-electron chi connectivity index (χ1n) is 15.9. The zero-order chi connectivity index (χ0) is 26.5. The number of nitrogens with one attached hydrogen (secondary N) is 1. The van der Waals surface area contributed by atoms with Gasteiger partial charge in [0.05, 0.1) is 24.9 Å². The monoisotopic (exact) mass is 529 g/mol. The number of hydrogen-bond donors (Lipinski definition) is 1. The van der Waals surface area contributed by atoms with Crippen molar-refractivity contribution in [1.82, 2.24) is 5.32 Å². The van der Waals surface area contributed by atoms with Crippen molar-refractivity contribution in [2.45, 2.75) is 130 Å². The lowest BCUT2D eigenvalue weighted by molar-refractivity contribution is -0.232. The predicted molar refractivity (Wildman–Crippen MR) is 144 cm³/mol. The Morgan fingerprint density at radius 1 is 0.974 bits per heavy atom. The molecular formula is C32H51NO5. The van der Waals surface area contributed by atoms with Crippen LogP contribution in [0.3, 0.4) is 0 Å². The number of morpholine rings is 1. The Kier molecular flexibility index (Phi) is 6.14. The number of fused-ring (bicyclic) bond motifs is 4. The van der Waals surface area contributed by atoms with E-state index < -0.39 is 0 Å². The van der Waals surface area contributed by atoms with Crippen molar-refractivity contribution in [2.75, 3.05) is 19.7 Å². The second kappa shape index (κ2) is 8.90. The first-order chi connectivity index (χ1) is 18.1. The van der Waals surface area contributed by atoms with Gasteiger partial charge in [0.2, 0.25) is 0 Å². The molecule has 10 unspecified atom stereocenters. The van der Waals surface area contributed by atoms with Crippen LogP contribution in [0.1, 0.15) is 98.8 Å². The van der Waals surface area contributed by atoms with Crippen LogP contribution in [0.5, 0.6) is 0 Å². The van der Waals surface area contributed by atoms with Gasteiger partial charge in [-0.2, -0.15) is 0 Å². The van der Waals surface area contributed by atoms with Crippen molar-refractivity contribution in [3.8, 4) is 0 Å². The molecule has 0 amide bonds. The van der Waals surface area contributed by atoms with E-state index in [1.54, 1.807) is 0 Å². The number of esters is 1. The van der Waals surface area contributed by atoms with E-state index in [1.165, 1.54) is 64.7 Å². The van der Waals surface area contributed by atoms with Crippen molar-refractivity contribution in [1.29, 1.82) is 0 Å². The average molecular weight is 530 g/mol. The summed E-state index contributed by atoms with van der Waals surface area (Å²) in [6.07, 6.45) is 13.5. The minimum absolute atomic E-state index is 0.0558. The minimum atomic E-state index is -0.195. The molecule has 2 spiro atoms. The van der Waals surface area contributed by atoms with Gasteiger partial charge in [0.15, 0.2) is 6.29 Å². The summed E-state index contributed by atoms with van der Waals surface area (Å²) in [5.74, 6) is 2.88. The van der Waals surface area contributed by atoms with E-state index in [0.29, 0.717) is 34.4 Å². The third-order valence-corrected chi connectivity index (χ3v) is 13.6. The Morgan fingerprint density at radius 3 is 2.55 bits per heavy atom. The largest absolute Gasteiger partial charge is 0.460 e. The molecule has 7 rings (SSSR count). The van der Waals surface area contributed by atoms with Crippen molar-refractivity contribution >= 4 is 5.97 Å². The molecule has 1 N–H and O–H groups in total. The Balaban J connectivity index is 1.08. The van der Waals surface area contributed by atoms with E-state index in [4.69, 9.17) is 18.9 Å². The number of carbonyl (C=O) groups excluding carboxylic acids is 1. The van der Waals surface area contributed by atoms with Crippen LogP contribution in [0, 0.1) is 45.3 Å². The summed E-state index contributed by atoms with van der Waals surface area (Å²) >= 11 is 0. The molecule has 0 aromatic rings. The first kappa shape index (κ1) is 26.2. The van der Waals surface area contributed by atoms with E-state index in [-0.39, 0.29) is 29.9 Å². The van der Waals surface area contributed by atoms with E-state index in [2.05, 4.69) is 26.1 Å². The molecule has 6 heteroatoms. The molecule has 0 radical (unpaired) electrons. The highest BCUT2D eigenvalue weighted by atomic mass is 16.7. The van der Waals surface area contributed by atoms with Crippen LogP contribution in [0.4, 0.5) is 0 Å². The second-order valence-electron chi connectivity index (χ2n) is 15.3. The molecule has 214 valence electrons. The standard InChI is InChI=1S/C32H51NO5/c1-19(36-20(2)34)24-8-6-22-25(37-24)16-23-21-7-9-26-29(3,4)27(38-28-17-33-14-15-35-28)10-11-32(26)18-31(21,32)13-12-30(22,23)5/h19,21-28,33H,6-18H2,1-5H3/t19-,21?,22?,23?,24?,25?,26?,27+,28?,30?,31?,32?/m1/s1. The highest BCUT2D eigenvalue weighted by Gasteiger charge is 2.80. The van der Waals surface area contributed by atoms with Crippen molar-refractivity contribution in [3.05, 3.63) is 0 Å². The lowest BCUT2D eigenvalue weighted by Gasteiger charge is -2.60. The van der Waals surface area contributed by atoms with Crippen LogP contribution in [-0.2, 0) is 23.7 Å². The maximum atomic E-state index is 11.6. The highest BCUT2D eigenvalue weighted by Crippen LogP contribution is 2.87. The lowest BCUT2D eigenvalue weighted by atomic mass is 9.46. The third kappa shape index (κ3) is 3.61. The van der Waals surface area contributed by atoms with Gasteiger partial charge in [0.25, 0.3) is 0 Å². The predicted octanol–water partition coefficient (Wildman–Crippen LogP) is 5.48. The van der Waals surface area contributed by atoms with E-state index in [9.17, 15) is 4.79 Å². The number of carbonyl (C=O) groups is 1. The van der Waals surface area contributed by atoms with Gasteiger partial charge in [-0.3, -0.25) is 4.79 Å². The van der Waals surface area contributed by atoms with Gasteiger partial charge in [0.1, 0.15) is 6.10 Å². The molecule has 5 aliphatic carbocycles. The van der Waals surface area contributed by atoms with Gasteiger partial charge in [-0.25, -0.2) is 0 Å². The van der Waals surface area contributed by atoms with E-state index in [1.807, 2.05) is 6.92 Å². The van der Waals surface area contributed by atoms with Crippen molar-refractivity contribution in [3.63, 3.8) is 0 Å². The summed E-state index contributed by atoms with van der Waals surface area (Å²) in [7, 11) is 0. The number of ether oxygens (including phenoxy) is 4. The Morgan fingerprint density at radius 2 is 1.79 bits per heavy atom. The fraction of sp³-hybridized carbons (Fsp3) is 0.969. The molecule has 6 nitrogen and oxygen atoms in total. The molecule has 5 saturated carbocycles. The van der Waals surface area contributed by atoms with Gasteiger partial charge in [-0.05, 0) is 116 Å². The van der Waals surface area contributed by atoms with Crippen LogP contribution >= 0.6 is 0 Å². The summed E-state index contributed by atoms with van der Waals surface area (Å²) in [5.41, 5.74) is 1.70. The highest BCUT2D eigenvalue weighted by molar-refractivity contribution is 5.66. The molecular weight excluding hydrogens is 478 g/mol. The fourth-order valence-corrected chi connectivity index (χ4v) is 12.0. The summed E-state index contributed by atoms with van der Waals surface area (Å²) in [5, 5.41) is 3.44. The smallest absolute Gasteiger partial charge is 0.302 e. The molecule has 0 bridgehead atoms. The maximum Gasteiger partial charge on any atom is 0.302 e. The normalized spacial score (nSPS) is 53.4. The lowest BCUT2D eigenvalue weighted by Crippen LogP contribution is -2.56. The molecule has 0 aromatic carbocycles. The molecule has 2 heterocycles. The number of rotatable bonds is 4. The molecule has 2 saturated heterocycles. The topological polar surface area (TPSA) is 66.0 Å². The molecule has 38 heavy (non-hydrogen) atoms. The van der Waals surface area contributed by atoms with Crippen LogP contribution in [0.15, 0.2) is 0 Å². The zero-order valence-electron chi connectivity index (χ0n) is 24.4. The van der Waals surface area contributed by atoms with Crippen LogP contribution < -0.4 is 5.32 Å². The second-order valence-corrected chi connectivity index (χ2v) is 15.3. The van der Waals surface area contributed by atoms with Gasteiger partial charge >= 0.3 is 5.97 Å². The first-order valence-corrected chi connectivity index (χ1v) is 15.9. The summed E-state index contributed by atoms with van der Waals surface area (Å²) in [6.45, 7) is 13.7. The minimum Gasteiger partial charge on any atom is -0.460 e. The number of hydrogen-bond acceptors (Lipinski definition) is 6. The molecule has 12 atom stereocenters. The third-order valence-electron chi connectivity index (χ3n) is 13.6. The van der Waals surface area contributed by atoms with Crippen molar-refractivity contribution in [2.24, 2.45) is 45.3 Å². The van der Waals surface area contributed by atoms with E-state index >= 15 is 0 Å². The quantitative estimate of drug-likeness (QED) is 0.487. The van der Waals surface area contributed by atoms with Gasteiger partial charge in [-0.15, -0.1) is 0 Å².